The molecule has 1 rings (SSSR count). The molecular weight excluding hydrogens is 222 g/mol. The van der Waals surface area contributed by atoms with Crippen LogP contribution in [0.1, 0.15) is 40.0 Å². The van der Waals surface area contributed by atoms with Crippen LogP contribution < -0.4 is 5.73 Å². The Balaban J connectivity index is 2.31. The molecule has 0 radical (unpaired) electrons. The molecule has 1 aliphatic rings. The lowest BCUT2D eigenvalue weighted by atomic mass is 10.0. The molecule has 1 unspecified atom stereocenters. The van der Waals surface area contributed by atoms with Gasteiger partial charge in [0.1, 0.15) is 0 Å². The second kappa shape index (κ2) is 8.89. The zero-order valence-electron chi connectivity index (χ0n) is 12.7. The van der Waals surface area contributed by atoms with E-state index >= 15 is 0 Å². The molecule has 3 nitrogen and oxygen atoms in total. The van der Waals surface area contributed by atoms with E-state index in [-0.39, 0.29) is 0 Å². The Kier molecular flexibility index (Phi) is 7.87. The highest BCUT2D eigenvalue weighted by Gasteiger charge is 2.17. The molecule has 0 bridgehead atoms. The second-order valence-electron chi connectivity index (χ2n) is 5.98. The zero-order chi connectivity index (χ0) is 13.4. The van der Waals surface area contributed by atoms with Gasteiger partial charge in [-0.05, 0) is 37.9 Å². The lowest BCUT2D eigenvalue weighted by Crippen LogP contribution is -2.36. The Morgan fingerprint density at radius 2 is 1.50 bits per heavy atom. The van der Waals surface area contributed by atoms with Crippen molar-refractivity contribution in [2.24, 2.45) is 17.6 Å². The maximum Gasteiger partial charge on any atom is 0.0109 e. The van der Waals surface area contributed by atoms with Gasteiger partial charge in [-0.2, -0.15) is 0 Å². The normalized spacial score (nSPS) is 21.2. The predicted molar refractivity (Wildman–Crippen MR) is 79.8 cm³/mol. The third-order valence-corrected chi connectivity index (χ3v) is 4.32. The first-order chi connectivity index (χ1) is 8.69. The smallest absolute Gasteiger partial charge is 0.0109 e. The first-order valence-corrected chi connectivity index (χ1v) is 7.84. The summed E-state index contributed by atoms with van der Waals surface area (Å²) in [6.45, 7) is 15.2. The highest BCUT2D eigenvalue weighted by atomic mass is 15.2. The molecule has 0 aromatic carbocycles. The van der Waals surface area contributed by atoms with Gasteiger partial charge in [0, 0.05) is 26.2 Å². The van der Waals surface area contributed by atoms with Crippen LogP contribution in [0.15, 0.2) is 0 Å². The van der Waals surface area contributed by atoms with E-state index in [2.05, 4.69) is 30.6 Å². The van der Waals surface area contributed by atoms with Crippen LogP contribution in [0.2, 0.25) is 0 Å². The molecule has 1 heterocycles. The lowest BCUT2D eigenvalue weighted by molar-refractivity contribution is 0.213. The monoisotopic (exact) mass is 255 g/mol. The van der Waals surface area contributed by atoms with Crippen LogP contribution in [0.25, 0.3) is 0 Å². The van der Waals surface area contributed by atoms with Crippen molar-refractivity contribution >= 4 is 0 Å². The minimum absolute atomic E-state index is 0.635. The van der Waals surface area contributed by atoms with Crippen molar-refractivity contribution < 1.29 is 0 Å². The lowest BCUT2D eigenvalue weighted by Gasteiger charge is -2.26. The van der Waals surface area contributed by atoms with Crippen molar-refractivity contribution in [3.05, 3.63) is 0 Å². The summed E-state index contributed by atoms with van der Waals surface area (Å²) in [6, 6.07) is 0. The van der Waals surface area contributed by atoms with Gasteiger partial charge in [0.2, 0.25) is 0 Å². The van der Waals surface area contributed by atoms with Gasteiger partial charge in [-0.1, -0.05) is 33.6 Å². The van der Waals surface area contributed by atoms with Crippen LogP contribution in [0.3, 0.4) is 0 Å². The van der Waals surface area contributed by atoms with Gasteiger partial charge in [0.15, 0.2) is 0 Å². The predicted octanol–water partition coefficient (Wildman–Crippen LogP) is 2.03. The molecule has 1 aliphatic heterocycles. The zero-order valence-corrected chi connectivity index (χ0v) is 12.7. The molecule has 0 aromatic rings. The Hall–Kier alpha value is -0.120. The Morgan fingerprint density at radius 1 is 0.944 bits per heavy atom. The summed E-state index contributed by atoms with van der Waals surface area (Å²) in [7, 11) is 0. The van der Waals surface area contributed by atoms with Crippen molar-refractivity contribution in [3.8, 4) is 0 Å². The Morgan fingerprint density at radius 3 is 2.00 bits per heavy atom. The molecular formula is C15H33N3. The molecule has 0 aromatic heterocycles. The first kappa shape index (κ1) is 15.9. The fourth-order valence-corrected chi connectivity index (χ4v) is 2.82. The second-order valence-corrected chi connectivity index (χ2v) is 5.98. The van der Waals surface area contributed by atoms with Gasteiger partial charge < -0.3 is 15.5 Å². The molecule has 0 spiro atoms. The van der Waals surface area contributed by atoms with Crippen LogP contribution in [0.4, 0.5) is 0 Å². The van der Waals surface area contributed by atoms with Gasteiger partial charge in [-0.15, -0.1) is 0 Å². The Bertz CT molecular complexity index is 204. The van der Waals surface area contributed by atoms with E-state index in [4.69, 9.17) is 5.73 Å². The van der Waals surface area contributed by atoms with Crippen molar-refractivity contribution in [3.63, 3.8) is 0 Å². The maximum atomic E-state index is 5.72. The topological polar surface area (TPSA) is 32.5 Å². The summed E-state index contributed by atoms with van der Waals surface area (Å²) in [5.41, 5.74) is 5.72. The highest BCUT2D eigenvalue weighted by Crippen LogP contribution is 2.12. The molecule has 2 N–H and O–H groups in total. The fourth-order valence-electron chi connectivity index (χ4n) is 2.82. The van der Waals surface area contributed by atoms with Crippen LogP contribution in [-0.2, 0) is 0 Å². The molecule has 1 atom stereocenters. The van der Waals surface area contributed by atoms with E-state index in [0.717, 1.165) is 12.5 Å². The number of nitrogens with zero attached hydrogens (tertiary/aromatic N) is 2. The Labute approximate surface area is 114 Å². The SMILES string of the molecule is CCC(CC)CN1CCCN(CC(C)CN)CC1. The van der Waals surface area contributed by atoms with Gasteiger partial charge >= 0.3 is 0 Å². The molecule has 108 valence electrons. The molecule has 0 saturated carbocycles. The van der Waals surface area contributed by atoms with Crippen molar-refractivity contribution in [2.75, 3.05) is 45.8 Å². The molecule has 0 amide bonds. The minimum Gasteiger partial charge on any atom is -0.330 e. The minimum atomic E-state index is 0.635. The van der Waals surface area contributed by atoms with E-state index in [0.29, 0.717) is 5.92 Å². The highest BCUT2D eigenvalue weighted by molar-refractivity contribution is 4.73. The van der Waals surface area contributed by atoms with Crippen LogP contribution in [0, 0.1) is 11.8 Å². The van der Waals surface area contributed by atoms with Crippen LogP contribution >= 0.6 is 0 Å². The maximum absolute atomic E-state index is 5.72. The van der Waals surface area contributed by atoms with E-state index in [1.807, 2.05) is 0 Å². The quantitative estimate of drug-likeness (QED) is 0.755. The van der Waals surface area contributed by atoms with Gasteiger partial charge in [0.25, 0.3) is 0 Å². The van der Waals surface area contributed by atoms with Crippen LogP contribution in [0.5, 0.6) is 0 Å². The number of rotatable bonds is 7. The first-order valence-electron chi connectivity index (χ1n) is 7.84. The summed E-state index contributed by atoms with van der Waals surface area (Å²) in [4.78, 5) is 5.27. The largest absolute Gasteiger partial charge is 0.330 e. The third-order valence-electron chi connectivity index (χ3n) is 4.32. The average Bonchev–Trinajstić information content (AvgIpc) is 2.61. The molecule has 18 heavy (non-hydrogen) atoms. The molecule has 3 heteroatoms. The standard InChI is InChI=1S/C15H33N3/c1-4-15(5-2)13-18-8-6-7-17(9-10-18)12-14(3)11-16/h14-15H,4-13,16H2,1-3H3. The van der Waals surface area contributed by atoms with Gasteiger partial charge in [-0.25, -0.2) is 0 Å². The van der Waals surface area contributed by atoms with Crippen molar-refractivity contribution in [1.82, 2.24) is 9.80 Å². The molecule has 1 fully saturated rings. The summed E-state index contributed by atoms with van der Waals surface area (Å²) in [5, 5.41) is 0. The van der Waals surface area contributed by atoms with Gasteiger partial charge in [0.05, 0.1) is 0 Å². The summed E-state index contributed by atoms with van der Waals surface area (Å²) < 4.78 is 0. The van der Waals surface area contributed by atoms with E-state index in [9.17, 15) is 0 Å². The molecule has 0 aliphatic carbocycles. The summed E-state index contributed by atoms with van der Waals surface area (Å²) in [6.07, 6.45) is 3.96. The fraction of sp³-hybridized carbons (Fsp3) is 1.00. The van der Waals surface area contributed by atoms with E-state index in [1.165, 1.54) is 58.5 Å². The number of hydrogen-bond acceptors (Lipinski definition) is 3. The van der Waals surface area contributed by atoms with E-state index < -0.39 is 0 Å². The average molecular weight is 255 g/mol. The molecule has 1 saturated heterocycles. The van der Waals surface area contributed by atoms with Gasteiger partial charge in [-0.3, -0.25) is 0 Å². The number of hydrogen-bond donors (Lipinski definition) is 1. The summed E-state index contributed by atoms with van der Waals surface area (Å²) >= 11 is 0. The van der Waals surface area contributed by atoms with Crippen LogP contribution in [-0.4, -0.2) is 55.6 Å². The van der Waals surface area contributed by atoms with E-state index in [1.54, 1.807) is 0 Å². The number of nitrogens with two attached hydrogens (primary N) is 1. The van der Waals surface area contributed by atoms with Crippen molar-refractivity contribution in [2.45, 2.75) is 40.0 Å². The summed E-state index contributed by atoms with van der Waals surface area (Å²) in [5.74, 6) is 1.52. The van der Waals surface area contributed by atoms with Crippen molar-refractivity contribution in [1.29, 1.82) is 0 Å². The third kappa shape index (κ3) is 5.68.